The second-order valence-electron chi connectivity index (χ2n) is 3.89. The Morgan fingerprint density at radius 1 is 1.22 bits per heavy atom. The summed E-state index contributed by atoms with van der Waals surface area (Å²) < 4.78 is 0.295. The van der Waals surface area contributed by atoms with E-state index in [-0.39, 0.29) is 5.56 Å². The fourth-order valence-corrected chi connectivity index (χ4v) is 2.40. The van der Waals surface area contributed by atoms with Gasteiger partial charge in [0.25, 0.3) is 5.56 Å². The second-order valence-corrected chi connectivity index (χ2v) is 5.11. The van der Waals surface area contributed by atoms with Gasteiger partial charge in [0.2, 0.25) is 0 Å². The summed E-state index contributed by atoms with van der Waals surface area (Å²) in [5.74, 6) is 0. The fourth-order valence-electron chi connectivity index (χ4n) is 1.65. The van der Waals surface area contributed by atoms with Crippen LogP contribution in [-0.2, 0) is 6.42 Å². The van der Waals surface area contributed by atoms with Crippen LogP contribution in [0.2, 0.25) is 10.0 Å². The van der Waals surface area contributed by atoms with Crippen molar-refractivity contribution in [2.24, 2.45) is 0 Å². The molecule has 0 aliphatic heterocycles. The summed E-state index contributed by atoms with van der Waals surface area (Å²) in [6.07, 6.45) is 0.442. The molecular formula is C12H10Cl2N2OS. The van der Waals surface area contributed by atoms with Crippen LogP contribution in [0.4, 0.5) is 0 Å². The minimum Gasteiger partial charge on any atom is -0.335 e. The van der Waals surface area contributed by atoms with Gasteiger partial charge in [0, 0.05) is 27.7 Å². The summed E-state index contributed by atoms with van der Waals surface area (Å²) in [7, 11) is 0. The SMILES string of the molecule is Cc1c(Cc2c(Cl)cccc2Cl)[nH]c(=S)[nH]c1=O. The van der Waals surface area contributed by atoms with Crippen molar-refractivity contribution >= 4 is 35.4 Å². The highest BCUT2D eigenvalue weighted by Crippen LogP contribution is 2.26. The number of halogens is 2. The molecule has 94 valence electrons. The zero-order valence-corrected chi connectivity index (χ0v) is 11.8. The van der Waals surface area contributed by atoms with E-state index in [2.05, 4.69) is 9.97 Å². The number of rotatable bonds is 2. The van der Waals surface area contributed by atoms with Crippen molar-refractivity contribution in [1.29, 1.82) is 0 Å². The van der Waals surface area contributed by atoms with Crippen LogP contribution >= 0.6 is 35.4 Å². The molecule has 2 aromatic rings. The number of benzene rings is 1. The molecule has 3 nitrogen and oxygen atoms in total. The zero-order valence-electron chi connectivity index (χ0n) is 9.51. The van der Waals surface area contributed by atoms with E-state index in [1.807, 2.05) is 0 Å². The van der Waals surface area contributed by atoms with Crippen molar-refractivity contribution in [1.82, 2.24) is 9.97 Å². The molecule has 0 amide bonds. The number of nitrogens with one attached hydrogen (secondary N) is 2. The summed E-state index contributed by atoms with van der Waals surface area (Å²) in [5.41, 5.74) is 1.88. The van der Waals surface area contributed by atoms with Gasteiger partial charge in [0.15, 0.2) is 4.77 Å². The van der Waals surface area contributed by atoms with Crippen LogP contribution in [-0.4, -0.2) is 9.97 Å². The van der Waals surface area contributed by atoms with Gasteiger partial charge in [-0.15, -0.1) is 0 Å². The van der Waals surface area contributed by atoms with Gasteiger partial charge in [-0.3, -0.25) is 9.78 Å². The minimum atomic E-state index is -0.197. The quantitative estimate of drug-likeness (QED) is 0.832. The van der Waals surface area contributed by atoms with E-state index in [1.54, 1.807) is 25.1 Å². The lowest BCUT2D eigenvalue weighted by Gasteiger charge is -2.08. The van der Waals surface area contributed by atoms with Gasteiger partial charge >= 0.3 is 0 Å². The molecule has 18 heavy (non-hydrogen) atoms. The molecule has 0 radical (unpaired) electrons. The minimum absolute atomic E-state index is 0.197. The van der Waals surface area contributed by atoms with E-state index in [1.165, 1.54) is 0 Å². The predicted molar refractivity (Wildman–Crippen MR) is 76.3 cm³/mol. The van der Waals surface area contributed by atoms with E-state index in [9.17, 15) is 4.79 Å². The van der Waals surface area contributed by atoms with E-state index in [0.29, 0.717) is 26.8 Å². The van der Waals surface area contributed by atoms with Gasteiger partial charge in [0.1, 0.15) is 0 Å². The lowest BCUT2D eigenvalue weighted by atomic mass is 10.1. The summed E-state index contributed by atoms with van der Waals surface area (Å²) in [6, 6.07) is 5.31. The van der Waals surface area contributed by atoms with Gasteiger partial charge < -0.3 is 4.98 Å². The van der Waals surface area contributed by atoms with Crippen LogP contribution in [0.1, 0.15) is 16.8 Å². The number of aromatic nitrogens is 2. The molecule has 0 atom stereocenters. The van der Waals surface area contributed by atoms with Crippen molar-refractivity contribution < 1.29 is 0 Å². The van der Waals surface area contributed by atoms with E-state index >= 15 is 0 Å². The Balaban J connectivity index is 2.53. The molecule has 0 saturated carbocycles. The maximum absolute atomic E-state index is 11.6. The van der Waals surface area contributed by atoms with Crippen LogP contribution in [0, 0.1) is 11.7 Å². The third-order valence-electron chi connectivity index (χ3n) is 2.70. The molecule has 0 spiro atoms. The van der Waals surface area contributed by atoms with Crippen molar-refractivity contribution in [2.75, 3.05) is 0 Å². The maximum Gasteiger partial charge on any atom is 0.254 e. The zero-order chi connectivity index (χ0) is 13.3. The molecule has 0 aliphatic rings. The molecule has 0 saturated heterocycles. The Kier molecular flexibility index (Phi) is 3.90. The average Bonchev–Trinajstić information content (AvgIpc) is 2.30. The molecule has 2 N–H and O–H groups in total. The van der Waals surface area contributed by atoms with Crippen molar-refractivity contribution in [3.8, 4) is 0 Å². The first-order valence-electron chi connectivity index (χ1n) is 5.24. The van der Waals surface area contributed by atoms with Crippen molar-refractivity contribution in [3.63, 3.8) is 0 Å². The summed E-state index contributed by atoms with van der Waals surface area (Å²) >= 11 is 17.2. The lowest BCUT2D eigenvalue weighted by molar-refractivity contribution is 0.953. The summed E-state index contributed by atoms with van der Waals surface area (Å²) in [4.78, 5) is 17.1. The van der Waals surface area contributed by atoms with E-state index < -0.39 is 0 Å². The molecule has 1 aromatic heterocycles. The number of hydrogen-bond donors (Lipinski definition) is 2. The van der Waals surface area contributed by atoms with Crippen molar-refractivity contribution in [2.45, 2.75) is 13.3 Å². The first-order valence-corrected chi connectivity index (χ1v) is 6.40. The highest BCUT2D eigenvalue weighted by molar-refractivity contribution is 7.71. The summed E-state index contributed by atoms with van der Waals surface area (Å²) in [6.45, 7) is 1.73. The lowest BCUT2D eigenvalue weighted by Crippen LogP contribution is -2.15. The first kappa shape index (κ1) is 13.3. The Morgan fingerprint density at radius 3 is 2.44 bits per heavy atom. The maximum atomic E-state index is 11.6. The molecule has 6 heteroatoms. The van der Waals surface area contributed by atoms with Gasteiger partial charge in [0.05, 0.1) is 0 Å². The molecular weight excluding hydrogens is 291 g/mol. The van der Waals surface area contributed by atoms with Crippen molar-refractivity contribution in [3.05, 3.63) is 60.2 Å². The molecule has 0 aliphatic carbocycles. The van der Waals surface area contributed by atoms with Crippen LogP contribution in [0.15, 0.2) is 23.0 Å². The monoisotopic (exact) mass is 300 g/mol. The van der Waals surface area contributed by atoms with Crippen LogP contribution in [0.5, 0.6) is 0 Å². The van der Waals surface area contributed by atoms with Gasteiger partial charge in [-0.05, 0) is 36.8 Å². The molecule has 2 rings (SSSR count). The molecule has 0 unspecified atom stereocenters. The van der Waals surface area contributed by atoms with E-state index in [4.69, 9.17) is 35.4 Å². The Labute approximate surface area is 119 Å². The van der Waals surface area contributed by atoms with Gasteiger partial charge in [-0.2, -0.15) is 0 Å². The smallest absolute Gasteiger partial charge is 0.254 e. The van der Waals surface area contributed by atoms with E-state index in [0.717, 1.165) is 11.3 Å². The van der Waals surface area contributed by atoms with Crippen LogP contribution in [0.25, 0.3) is 0 Å². The topological polar surface area (TPSA) is 48.6 Å². The predicted octanol–water partition coefficient (Wildman–Crippen LogP) is 3.64. The first-order chi connectivity index (χ1) is 8.49. The molecule has 1 aromatic carbocycles. The number of hydrogen-bond acceptors (Lipinski definition) is 2. The molecule has 0 fully saturated rings. The third kappa shape index (κ3) is 2.66. The summed E-state index contributed by atoms with van der Waals surface area (Å²) in [5, 5.41) is 1.14. The van der Waals surface area contributed by atoms with Gasteiger partial charge in [-0.25, -0.2) is 0 Å². The number of aromatic amines is 2. The standard InChI is InChI=1S/C12H10Cl2N2OS/c1-6-10(15-12(18)16-11(6)17)5-7-8(13)3-2-4-9(7)14/h2-4H,5H2,1H3,(H2,15,16,17,18). The largest absolute Gasteiger partial charge is 0.335 e. The number of H-pyrrole nitrogens is 2. The molecule has 0 bridgehead atoms. The average molecular weight is 301 g/mol. The van der Waals surface area contributed by atoms with Crippen LogP contribution in [0.3, 0.4) is 0 Å². The fraction of sp³-hybridized carbons (Fsp3) is 0.167. The van der Waals surface area contributed by atoms with Gasteiger partial charge in [-0.1, -0.05) is 29.3 Å². The Bertz CT molecular complexity index is 686. The second kappa shape index (κ2) is 5.26. The van der Waals surface area contributed by atoms with Crippen LogP contribution < -0.4 is 5.56 Å². The third-order valence-corrected chi connectivity index (χ3v) is 3.61. The molecule has 1 heterocycles. The highest BCUT2D eigenvalue weighted by Gasteiger charge is 2.10. The normalized spacial score (nSPS) is 10.6. The Morgan fingerprint density at radius 2 is 1.83 bits per heavy atom. The Hall–Kier alpha value is -1.10. The highest BCUT2D eigenvalue weighted by atomic mass is 35.5.